The summed E-state index contributed by atoms with van der Waals surface area (Å²) < 4.78 is 16.5. The highest BCUT2D eigenvalue weighted by molar-refractivity contribution is 6.04. The first-order valence-electron chi connectivity index (χ1n) is 14.8. The lowest BCUT2D eigenvalue weighted by Crippen LogP contribution is -2.49. The van der Waals surface area contributed by atoms with E-state index in [4.69, 9.17) is 14.2 Å². The first-order chi connectivity index (χ1) is 21.5. The Morgan fingerprint density at radius 2 is 1.67 bits per heavy atom. The largest absolute Gasteiger partial charge is 0.443 e. The summed E-state index contributed by atoms with van der Waals surface area (Å²) in [5.74, 6) is -1.06. The first-order valence-corrected chi connectivity index (χ1v) is 14.8. The Hall–Kier alpha value is -4.96. The van der Waals surface area contributed by atoms with Gasteiger partial charge in [0.1, 0.15) is 17.3 Å². The van der Waals surface area contributed by atoms with Gasteiger partial charge in [-0.2, -0.15) is 5.26 Å². The molecule has 244 valence electrons. The fraction of sp³-hybridized carbons (Fsp3) is 0.455. The molecule has 13 nitrogen and oxygen atoms in total. The van der Waals surface area contributed by atoms with Crippen LogP contribution in [-0.2, 0) is 36.9 Å². The number of fused-ring (bicyclic) bond motifs is 1. The van der Waals surface area contributed by atoms with Crippen molar-refractivity contribution in [3.63, 3.8) is 0 Å². The standard InChI is InChI=1S/C33H39N5O8/c1-32(2,3)45-30(42)38(31(43)46-33(4,5)6)19-22-14-23(10-8-20(22)17-34)35-27(39)16-26-29(41)37(12-13-44-26)24-11-9-21-18-36(7)28(40)25(21)15-24/h8-11,14-15,26H,12-13,16,18-19H2,1-7H3,(H,35,39)/t26-/m1/s1. The number of nitrogens with zero attached hydrogens (tertiary/aromatic N) is 4. The summed E-state index contributed by atoms with van der Waals surface area (Å²) in [7, 11) is 1.71. The van der Waals surface area contributed by atoms with Gasteiger partial charge < -0.3 is 29.3 Å². The number of nitrogens with one attached hydrogen (secondary N) is 1. The zero-order valence-corrected chi connectivity index (χ0v) is 27.1. The second kappa shape index (κ2) is 13.2. The number of anilines is 2. The minimum atomic E-state index is -1.06. The summed E-state index contributed by atoms with van der Waals surface area (Å²) in [6.07, 6.45) is -3.28. The van der Waals surface area contributed by atoms with E-state index in [0.717, 1.165) is 10.5 Å². The molecule has 1 fully saturated rings. The van der Waals surface area contributed by atoms with E-state index in [-0.39, 0.29) is 48.8 Å². The highest BCUT2D eigenvalue weighted by Gasteiger charge is 2.35. The van der Waals surface area contributed by atoms with Gasteiger partial charge in [0.25, 0.3) is 11.8 Å². The molecule has 0 bridgehead atoms. The molecule has 2 aliphatic rings. The van der Waals surface area contributed by atoms with E-state index in [1.807, 2.05) is 12.1 Å². The number of nitriles is 1. The summed E-state index contributed by atoms with van der Waals surface area (Å²) in [5.41, 5.74) is 0.853. The summed E-state index contributed by atoms with van der Waals surface area (Å²) in [6, 6.07) is 11.7. The molecule has 0 aliphatic carbocycles. The fourth-order valence-corrected chi connectivity index (χ4v) is 4.95. The highest BCUT2D eigenvalue weighted by Crippen LogP contribution is 2.29. The summed E-state index contributed by atoms with van der Waals surface area (Å²) >= 11 is 0. The van der Waals surface area contributed by atoms with Crippen LogP contribution in [0.4, 0.5) is 21.0 Å². The first kappa shape index (κ1) is 33.9. The smallest absolute Gasteiger partial charge is 0.420 e. The maximum Gasteiger partial charge on any atom is 0.420 e. The van der Waals surface area contributed by atoms with Gasteiger partial charge in [-0.25, -0.2) is 14.5 Å². The van der Waals surface area contributed by atoms with Crippen molar-refractivity contribution >= 4 is 41.3 Å². The van der Waals surface area contributed by atoms with Crippen LogP contribution in [0.3, 0.4) is 0 Å². The van der Waals surface area contributed by atoms with Crippen LogP contribution in [0.2, 0.25) is 0 Å². The average molecular weight is 634 g/mol. The van der Waals surface area contributed by atoms with Gasteiger partial charge in [0.05, 0.1) is 31.2 Å². The van der Waals surface area contributed by atoms with Crippen LogP contribution >= 0.6 is 0 Å². The quantitative estimate of drug-likeness (QED) is 0.481. The Morgan fingerprint density at radius 3 is 2.28 bits per heavy atom. The second-order valence-corrected chi connectivity index (χ2v) is 13.1. The molecular weight excluding hydrogens is 594 g/mol. The van der Waals surface area contributed by atoms with Crippen molar-refractivity contribution in [2.24, 2.45) is 0 Å². The minimum Gasteiger partial charge on any atom is -0.443 e. The minimum absolute atomic E-state index is 0.115. The van der Waals surface area contributed by atoms with Gasteiger partial charge in [0.15, 0.2) is 0 Å². The SMILES string of the molecule is CN1Cc2ccc(N3CCO[C@H](CC(=O)Nc4ccc(C#N)c(CN(C(=O)OC(C)(C)C)C(=O)OC(C)(C)C)c4)C3=O)cc2C1=O. The van der Waals surface area contributed by atoms with Crippen LogP contribution in [0, 0.1) is 11.3 Å². The molecule has 1 atom stereocenters. The zero-order valence-electron chi connectivity index (χ0n) is 27.1. The van der Waals surface area contributed by atoms with Gasteiger partial charge in [0.2, 0.25) is 5.91 Å². The lowest BCUT2D eigenvalue weighted by molar-refractivity contribution is -0.137. The molecule has 0 spiro atoms. The Labute approximate surface area is 268 Å². The molecule has 2 aromatic rings. The van der Waals surface area contributed by atoms with Crippen molar-refractivity contribution in [2.45, 2.75) is 78.4 Å². The van der Waals surface area contributed by atoms with Crippen LogP contribution in [0.5, 0.6) is 0 Å². The summed E-state index contributed by atoms with van der Waals surface area (Å²) in [4.78, 5) is 68.8. The number of ether oxygens (including phenoxy) is 3. The van der Waals surface area contributed by atoms with Crippen molar-refractivity contribution < 1.29 is 38.2 Å². The Bertz CT molecular complexity index is 1570. The number of carbonyl (C=O) groups excluding carboxylic acids is 5. The van der Waals surface area contributed by atoms with Crippen LogP contribution < -0.4 is 10.2 Å². The second-order valence-electron chi connectivity index (χ2n) is 13.1. The van der Waals surface area contributed by atoms with E-state index in [1.54, 1.807) is 65.6 Å². The maximum absolute atomic E-state index is 13.3. The third kappa shape index (κ3) is 8.19. The van der Waals surface area contributed by atoms with Crippen LogP contribution in [0.25, 0.3) is 0 Å². The van der Waals surface area contributed by atoms with Crippen LogP contribution in [0.1, 0.15) is 75.0 Å². The Morgan fingerprint density at radius 1 is 1.02 bits per heavy atom. The van der Waals surface area contributed by atoms with E-state index in [9.17, 15) is 29.2 Å². The van der Waals surface area contributed by atoms with Gasteiger partial charge in [0, 0.05) is 37.1 Å². The number of benzene rings is 2. The van der Waals surface area contributed by atoms with Crippen LogP contribution in [-0.4, -0.2) is 77.2 Å². The number of morpholine rings is 1. The number of carbonyl (C=O) groups is 5. The van der Waals surface area contributed by atoms with Crippen molar-refractivity contribution in [1.82, 2.24) is 9.80 Å². The number of hydrogen-bond donors (Lipinski definition) is 1. The molecular formula is C33H39N5O8. The molecule has 46 heavy (non-hydrogen) atoms. The molecule has 5 amide bonds. The Kier molecular flexibility index (Phi) is 9.72. The van der Waals surface area contributed by atoms with E-state index in [1.165, 1.54) is 23.1 Å². The van der Waals surface area contributed by atoms with Gasteiger partial charge in [-0.05, 0) is 83.0 Å². The van der Waals surface area contributed by atoms with E-state index >= 15 is 0 Å². The van der Waals surface area contributed by atoms with Gasteiger partial charge in [-0.15, -0.1) is 0 Å². The molecule has 13 heteroatoms. The summed E-state index contributed by atoms with van der Waals surface area (Å²) in [6.45, 7) is 10.5. The molecule has 2 heterocycles. The maximum atomic E-state index is 13.3. The van der Waals surface area contributed by atoms with Gasteiger partial charge >= 0.3 is 12.2 Å². The molecule has 1 saturated heterocycles. The van der Waals surface area contributed by atoms with Gasteiger partial charge in [-0.1, -0.05) is 6.07 Å². The molecule has 1 N–H and O–H groups in total. The number of rotatable bonds is 6. The molecule has 2 aliphatic heterocycles. The van der Waals surface area contributed by atoms with Crippen molar-refractivity contribution in [3.05, 3.63) is 58.7 Å². The lowest BCUT2D eigenvalue weighted by Gasteiger charge is -2.32. The third-order valence-electron chi connectivity index (χ3n) is 7.00. The van der Waals surface area contributed by atoms with E-state index < -0.39 is 41.3 Å². The van der Waals surface area contributed by atoms with Crippen LogP contribution in [0.15, 0.2) is 36.4 Å². The van der Waals surface area contributed by atoms with Crippen molar-refractivity contribution in [2.75, 3.05) is 30.4 Å². The molecule has 0 radical (unpaired) electrons. The van der Waals surface area contributed by atoms with E-state index in [0.29, 0.717) is 17.8 Å². The normalized spacial score (nSPS) is 16.4. The van der Waals surface area contributed by atoms with Gasteiger partial charge in [-0.3, -0.25) is 14.4 Å². The Balaban J connectivity index is 1.48. The predicted octanol–water partition coefficient (Wildman–Crippen LogP) is 4.58. The molecule has 2 aromatic carbocycles. The van der Waals surface area contributed by atoms with E-state index in [2.05, 4.69) is 5.32 Å². The third-order valence-corrected chi connectivity index (χ3v) is 7.00. The van der Waals surface area contributed by atoms with Crippen molar-refractivity contribution in [1.29, 1.82) is 5.26 Å². The topological polar surface area (TPSA) is 159 Å². The number of imide groups is 1. The average Bonchev–Trinajstić information content (AvgIpc) is 3.23. The van der Waals surface area contributed by atoms with Crippen molar-refractivity contribution in [3.8, 4) is 6.07 Å². The number of hydrogen-bond acceptors (Lipinski definition) is 9. The lowest BCUT2D eigenvalue weighted by atomic mass is 10.1. The molecule has 4 rings (SSSR count). The molecule has 0 saturated carbocycles. The predicted molar refractivity (Wildman–Crippen MR) is 167 cm³/mol. The molecule has 0 unspecified atom stereocenters. The molecule has 0 aromatic heterocycles. The number of amides is 5. The monoisotopic (exact) mass is 633 g/mol. The zero-order chi connectivity index (χ0) is 34.0. The summed E-state index contributed by atoms with van der Waals surface area (Å²) in [5, 5.41) is 12.4. The fourth-order valence-electron chi connectivity index (χ4n) is 4.95. The highest BCUT2D eigenvalue weighted by atomic mass is 16.6.